The van der Waals surface area contributed by atoms with Crippen LogP contribution in [0.3, 0.4) is 0 Å². The second-order valence-electron chi connectivity index (χ2n) is 8.56. The molecule has 8 heteroatoms. The molecule has 1 aromatic rings. The molecule has 1 saturated carbocycles. The Morgan fingerprint density at radius 1 is 1.16 bits per heavy atom. The fourth-order valence-electron chi connectivity index (χ4n) is 4.54. The second-order valence-corrected chi connectivity index (χ2v) is 8.56. The molecular formula is C24H40IN5O2. The number of carbonyl (C=O) groups excluding carboxylic acids is 1. The number of rotatable bonds is 8. The van der Waals surface area contributed by atoms with Gasteiger partial charge in [-0.25, -0.2) is 0 Å². The van der Waals surface area contributed by atoms with Crippen molar-refractivity contribution in [1.29, 1.82) is 0 Å². The molecule has 3 rings (SSSR count). The highest BCUT2D eigenvalue weighted by atomic mass is 127. The lowest BCUT2D eigenvalue weighted by atomic mass is 10.1. The first-order chi connectivity index (χ1) is 15.1. The Bertz CT molecular complexity index is 714. The zero-order chi connectivity index (χ0) is 22.1. The number of nitrogens with one attached hydrogen (secondary N) is 1. The highest BCUT2D eigenvalue weighted by molar-refractivity contribution is 14.0. The molecule has 2 fully saturated rings. The second kappa shape index (κ2) is 13.9. The van der Waals surface area contributed by atoms with Gasteiger partial charge in [-0.1, -0.05) is 25.0 Å². The standard InChI is InChI=1S/C24H39N5O2.HI/c1-4-31-22-11-9-20(10-12-22)19-27(3)24(25-2)26-13-14-28-15-17-29(18-16-28)23(30)21-7-5-6-8-21;/h9-12,21H,4-8,13-19H2,1-3H3,(H,25,26);1H. The van der Waals surface area contributed by atoms with Crippen LogP contribution in [0.2, 0.25) is 0 Å². The maximum absolute atomic E-state index is 12.6. The molecule has 2 aliphatic rings. The lowest BCUT2D eigenvalue weighted by molar-refractivity contribution is -0.137. The number of hydrogen-bond acceptors (Lipinski definition) is 4. The summed E-state index contributed by atoms with van der Waals surface area (Å²) in [5, 5.41) is 3.48. The molecule has 0 bridgehead atoms. The summed E-state index contributed by atoms with van der Waals surface area (Å²) in [7, 11) is 3.88. The van der Waals surface area contributed by atoms with Gasteiger partial charge in [-0.15, -0.1) is 24.0 Å². The fourth-order valence-corrected chi connectivity index (χ4v) is 4.54. The molecule has 0 atom stereocenters. The highest BCUT2D eigenvalue weighted by Gasteiger charge is 2.29. The van der Waals surface area contributed by atoms with E-state index in [0.29, 0.717) is 18.4 Å². The molecule has 1 aliphatic heterocycles. The lowest BCUT2D eigenvalue weighted by Gasteiger charge is -2.36. The van der Waals surface area contributed by atoms with Crippen LogP contribution in [0.15, 0.2) is 29.3 Å². The first-order valence-electron chi connectivity index (χ1n) is 11.8. The zero-order valence-electron chi connectivity index (χ0n) is 19.9. The number of benzene rings is 1. The van der Waals surface area contributed by atoms with Crippen LogP contribution < -0.4 is 10.1 Å². The monoisotopic (exact) mass is 557 g/mol. The Morgan fingerprint density at radius 2 is 1.81 bits per heavy atom. The van der Waals surface area contributed by atoms with E-state index in [-0.39, 0.29) is 24.0 Å². The summed E-state index contributed by atoms with van der Waals surface area (Å²) in [6.07, 6.45) is 4.62. The molecule has 1 N–H and O–H groups in total. The minimum atomic E-state index is 0. The maximum atomic E-state index is 12.6. The molecule has 0 unspecified atom stereocenters. The summed E-state index contributed by atoms with van der Waals surface area (Å²) in [5.41, 5.74) is 1.22. The van der Waals surface area contributed by atoms with Gasteiger partial charge in [0.05, 0.1) is 6.61 Å². The van der Waals surface area contributed by atoms with E-state index in [9.17, 15) is 4.79 Å². The van der Waals surface area contributed by atoms with Crippen molar-refractivity contribution in [1.82, 2.24) is 20.0 Å². The number of ether oxygens (including phenoxy) is 1. The Balaban J connectivity index is 0.00000363. The van der Waals surface area contributed by atoms with E-state index in [1.807, 2.05) is 26.1 Å². The van der Waals surface area contributed by atoms with Crippen molar-refractivity contribution in [2.45, 2.75) is 39.2 Å². The molecule has 1 amide bonds. The van der Waals surface area contributed by atoms with Crippen LogP contribution in [0, 0.1) is 5.92 Å². The van der Waals surface area contributed by atoms with Gasteiger partial charge >= 0.3 is 0 Å². The van der Waals surface area contributed by atoms with E-state index < -0.39 is 0 Å². The van der Waals surface area contributed by atoms with E-state index in [0.717, 1.165) is 70.4 Å². The van der Waals surface area contributed by atoms with E-state index in [1.54, 1.807) is 0 Å². The number of amides is 1. The molecule has 1 saturated heterocycles. The van der Waals surface area contributed by atoms with Gasteiger partial charge in [0.1, 0.15) is 5.75 Å². The topological polar surface area (TPSA) is 60.4 Å². The van der Waals surface area contributed by atoms with Gasteiger partial charge in [0.2, 0.25) is 5.91 Å². The molecular weight excluding hydrogens is 517 g/mol. The van der Waals surface area contributed by atoms with E-state index in [4.69, 9.17) is 4.74 Å². The Morgan fingerprint density at radius 3 is 2.41 bits per heavy atom. The maximum Gasteiger partial charge on any atom is 0.225 e. The summed E-state index contributed by atoms with van der Waals surface area (Å²) in [4.78, 5) is 23.7. The number of hydrogen-bond donors (Lipinski definition) is 1. The van der Waals surface area contributed by atoms with Gasteiger partial charge < -0.3 is 19.9 Å². The van der Waals surface area contributed by atoms with E-state index in [1.165, 1.54) is 18.4 Å². The van der Waals surface area contributed by atoms with Crippen LogP contribution in [-0.2, 0) is 11.3 Å². The highest BCUT2D eigenvalue weighted by Crippen LogP contribution is 2.26. The minimum Gasteiger partial charge on any atom is -0.494 e. The quantitative estimate of drug-likeness (QED) is 0.303. The van der Waals surface area contributed by atoms with Gasteiger partial charge in [-0.3, -0.25) is 14.7 Å². The van der Waals surface area contributed by atoms with Crippen molar-refractivity contribution < 1.29 is 9.53 Å². The largest absolute Gasteiger partial charge is 0.494 e. The fraction of sp³-hybridized carbons (Fsp3) is 0.667. The Labute approximate surface area is 210 Å². The molecule has 180 valence electrons. The number of nitrogens with zero attached hydrogens (tertiary/aromatic N) is 4. The molecule has 0 spiro atoms. The molecule has 7 nitrogen and oxygen atoms in total. The Hall–Kier alpha value is -1.55. The van der Waals surface area contributed by atoms with Crippen LogP contribution in [-0.4, -0.2) is 86.5 Å². The molecule has 0 aromatic heterocycles. The van der Waals surface area contributed by atoms with Gasteiger partial charge in [0, 0.05) is 65.8 Å². The van der Waals surface area contributed by atoms with Crippen LogP contribution in [0.1, 0.15) is 38.2 Å². The van der Waals surface area contributed by atoms with Crippen LogP contribution in [0.5, 0.6) is 5.75 Å². The SMILES string of the molecule is CCOc1ccc(CN(C)C(=NC)NCCN2CCN(C(=O)C3CCCC3)CC2)cc1.I. The summed E-state index contributed by atoms with van der Waals surface area (Å²) in [6, 6.07) is 8.22. The summed E-state index contributed by atoms with van der Waals surface area (Å²) in [6.45, 7) is 8.91. The van der Waals surface area contributed by atoms with Gasteiger partial charge in [-0.2, -0.15) is 0 Å². The third kappa shape index (κ3) is 7.79. The Kier molecular flexibility index (Phi) is 11.6. The first-order valence-corrected chi connectivity index (χ1v) is 11.8. The average molecular weight is 558 g/mol. The zero-order valence-corrected chi connectivity index (χ0v) is 22.2. The lowest BCUT2D eigenvalue weighted by Crippen LogP contribution is -2.51. The average Bonchev–Trinajstić information content (AvgIpc) is 3.33. The molecule has 0 radical (unpaired) electrons. The van der Waals surface area contributed by atoms with Crippen LogP contribution >= 0.6 is 24.0 Å². The minimum absolute atomic E-state index is 0. The van der Waals surface area contributed by atoms with Crippen molar-refractivity contribution >= 4 is 35.8 Å². The normalized spacial score (nSPS) is 17.7. The summed E-state index contributed by atoms with van der Waals surface area (Å²) < 4.78 is 5.51. The van der Waals surface area contributed by atoms with Crippen molar-refractivity contribution in [3.05, 3.63) is 29.8 Å². The molecule has 32 heavy (non-hydrogen) atoms. The summed E-state index contributed by atoms with van der Waals surface area (Å²) in [5.74, 6) is 2.49. The number of halogens is 1. The predicted octanol–water partition coefficient (Wildman–Crippen LogP) is 3.04. The molecule has 1 heterocycles. The summed E-state index contributed by atoms with van der Waals surface area (Å²) >= 11 is 0. The molecule has 1 aliphatic carbocycles. The van der Waals surface area contributed by atoms with Gasteiger partial charge in [-0.05, 0) is 37.5 Å². The number of aliphatic imine (C=N–C) groups is 1. The number of guanidine groups is 1. The van der Waals surface area contributed by atoms with Crippen LogP contribution in [0.25, 0.3) is 0 Å². The van der Waals surface area contributed by atoms with Crippen molar-refractivity contribution in [2.24, 2.45) is 10.9 Å². The van der Waals surface area contributed by atoms with Crippen molar-refractivity contribution in [2.75, 3.05) is 60.0 Å². The first kappa shape index (κ1) is 26.7. The van der Waals surface area contributed by atoms with Gasteiger partial charge in [0.25, 0.3) is 0 Å². The van der Waals surface area contributed by atoms with Crippen molar-refractivity contribution in [3.8, 4) is 5.75 Å². The van der Waals surface area contributed by atoms with Crippen LogP contribution in [0.4, 0.5) is 0 Å². The predicted molar refractivity (Wildman–Crippen MR) is 141 cm³/mol. The number of carbonyl (C=O) groups is 1. The number of piperazine rings is 1. The van der Waals surface area contributed by atoms with E-state index >= 15 is 0 Å². The van der Waals surface area contributed by atoms with E-state index in [2.05, 4.69) is 44.2 Å². The van der Waals surface area contributed by atoms with Gasteiger partial charge in [0.15, 0.2) is 5.96 Å². The third-order valence-electron chi connectivity index (χ3n) is 6.33. The molecule has 1 aromatic carbocycles. The third-order valence-corrected chi connectivity index (χ3v) is 6.33. The smallest absolute Gasteiger partial charge is 0.225 e. The van der Waals surface area contributed by atoms with Crippen molar-refractivity contribution in [3.63, 3.8) is 0 Å².